The highest BCUT2D eigenvalue weighted by atomic mass is 35.5. The zero-order valence-corrected chi connectivity index (χ0v) is 23.9. The number of hydrogen-bond donors (Lipinski definition) is 1. The number of nitrogens with one attached hydrogen (secondary N) is 1. The third-order valence-electron chi connectivity index (χ3n) is 7.63. The van der Waals surface area contributed by atoms with Crippen LogP contribution in [-0.2, 0) is 4.74 Å². The van der Waals surface area contributed by atoms with Crippen LogP contribution in [0.4, 0.5) is 10.6 Å². The van der Waals surface area contributed by atoms with Crippen molar-refractivity contribution in [3.05, 3.63) is 40.2 Å². The largest absolute Gasteiger partial charge is 0.494 e. The minimum Gasteiger partial charge on any atom is -0.494 e. The van der Waals surface area contributed by atoms with Crippen LogP contribution in [0.3, 0.4) is 0 Å². The first-order valence-electron chi connectivity index (χ1n) is 13.2. The fraction of sp³-hybridized carbons (Fsp3) is 0.500. The second kappa shape index (κ2) is 11.0. The van der Waals surface area contributed by atoms with Gasteiger partial charge in [0, 0.05) is 42.7 Å². The Hall–Kier alpha value is -3.37. The number of hydrogen-bond acceptors (Lipinski definition) is 9. The lowest BCUT2D eigenvalue weighted by molar-refractivity contribution is 0.123. The summed E-state index contributed by atoms with van der Waals surface area (Å²) in [5, 5.41) is 7.84. The van der Waals surface area contributed by atoms with Gasteiger partial charge in [0.1, 0.15) is 17.3 Å². The molecule has 0 aliphatic carbocycles. The van der Waals surface area contributed by atoms with Gasteiger partial charge in [-0.25, -0.2) is 14.8 Å². The molecule has 2 aliphatic rings. The number of ether oxygens (including phenoxy) is 2. The number of likely N-dealkylation sites (tertiary alicyclic amines) is 1. The summed E-state index contributed by atoms with van der Waals surface area (Å²) in [6, 6.07) is 5.58. The molecule has 2 fully saturated rings. The molecule has 0 atom stereocenters. The highest BCUT2D eigenvalue weighted by Gasteiger charge is 2.50. The molecule has 2 aliphatic heterocycles. The number of nitrogens with zero attached hydrogens (tertiary/aromatic N) is 5. The van der Waals surface area contributed by atoms with E-state index in [2.05, 4.69) is 15.4 Å². The SMILES string of the molecule is CNCCCOc1ccc(Cl)c(-c2nc(-c3c(C)noc3C)c(C)c(N3CC4(CCN(C(=O)OC)C4)C3)n2)c1. The first-order valence-corrected chi connectivity index (χ1v) is 13.6. The molecule has 208 valence electrons. The molecule has 4 heterocycles. The summed E-state index contributed by atoms with van der Waals surface area (Å²) in [5.41, 5.74) is 4.08. The minimum absolute atomic E-state index is 0.0354. The van der Waals surface area contributed by atoms with Crippen LogP contribution < -0.4 is 15.0 Å². The summed E-state index contributed by atoms with van der Waals surface area (Å²) in [4.78, 5) is 26.2. The Morgan fingerprint density at radius 2 is 2.00 bits per heavy atom. The van der Waals surface area contributed by atoms with Gasteiger partial charge in [-0.1, -0.05) is 16.8 Å². The number of aryl methyl sites for hydroxylation is 2. The Labute approximate surface area is 233 Å². The third kappa shape index (κ3) is 5.27. The lowest BCUT2D eigenvalue weighted by Gasteiger charge is -2.49. The molecule has 1 aromatic carbocycles. The summed E-state index contributed by atoms with van der Waals surface area (Å²) in [6.45, 7) is 10.3. The predicted molar refractivity (Wildman–Crippen MR) is 149 cm³/mol. The van der Waals surface area contributed by atoms with Gasteiger partial charge in [-0.15, -0.1) is 0 Å². The van der Waals surface area contributed by atoms with Gasteiger partial charge >= 0.3 is 6.09 Å². The van der Waals surface area contributed by atoms with E-state index in [-0.39, 0.29) is 11.5 Å². The van der Waals surface area contributed by atoms with Crippen molar-refractivity contribution in [2.45, 2.75) is 33.6 Å². The summed E-state index contributed by atoms with van der Waals surface area (Å²) in [7, 11) is 3.35. The van der Waals surface area contributed by atoms with Crippen LogP contribution in [-0.4, -0.2) is 79.6 Å². The molecule has 0 bridgehead atoms. The maximum absolute atomic E-state index is 12.1. The Morgan fingerprint density at radius 3 is 2.69 bits per heavy atom. The van der Waals surface area contributed by atoms with Gasteiger partial charge in [0.25, 0.3) is 0 Å². The Morgan fingerprint density at radius 1 is 1.21 bits per heavy atom. The molecule has 0 radical (unpaired) electrons. The first-order chi connectivity index (χ1) is 18.7. The van der Waals surface area contributed by atoms with Crippen LogP contribution in [0.25, 0.3) is 22.6 Å². The number of carbonyl (C=O) groups excluding carboxylic acids is 1. The molecule has 2 aromatic heterocycles. The van der Waals surface area contributed by atoms with E-state index >= 15 is 0 Å². The second-order valence-electron chi connectivity index (χ2n) is 10.5. The minimum atomic E-state index is -0.269. The zero-order valence-electron chi connectivity index (χ0n) is 23.1. The number of benzene rings is 1. The highest BCUT2D eigenvalue weighted by molar-refractivity contribution is 6.33. The fourth-order valence-electron chi connectivity index (χ4n) is 5.59. The van der Waals surface area contributed by atoms with E-state index in [1.807, 2.05) is 46.0 Å². The molecule has 0 unspecified atom stereocenters. The van der Waals surface area contributed by atoms with Crippen molar-refractivity contribution in [3.8, 4) is 28.4 Å². The van der Waals surface area contributed by atoms with Crippen molar-refractivity contribution >= 4 is 23.5 Å². The van der Waals surface area contributed by atoms with E-state index in [1.165, 1.54) is 7.11 Å². The molecule has 1 N–H and O–H groups in total. The normalized spacial score (nSPS) is 16.1. The Balaban J connectivity index is 1.51. The number of anilines is 1. The summed E-state index contributed by atoms with van der Waals surface area (Å²) in [5.74, 6) is 2.77. The molecule has 5 rings (SSSR count). The highest BCUT2D eigenvalue weighted by Crippen LogP contribution is 2.44. The quantitative estimate of drug-likeness (QED) is 0.398. The van der Waals surface area contributed by atoms with E-state index in [0.29, 0.717) is 47.6 Å². The Kier molecular flexibility index (Phi) is 7.68. The van der Waals surface area contributed by atoms with Crippen LogP contribution in [0, 0.1) is 26.2 Å². The molecular formula is C28H35ClN6O4. The van der Waals surface area contributed by atoms with Gasteiger partial charge in [0.05, 0.1) is 35.7 Å². The second-order valence-corrected chi connectivity index (χ2v) is 10.9. The number of aromatic nitrogens is 3. The lowest BCUT2D eigenvalue weighted by Crippen LogP contribution is -2.58. The predicted octanol–water partition coefficient (Wildman–Crippen LogP) is 4.64. The number of carbonyl (C=O) groups is 1. The maximum atomic E-state index is 12.1. The van der Waals surface area contributed by atoms with Gasteiger partial charge in [0.15, 0.2) is 5.82 Å². The average molecular weight is 555 g/mol. The fourth-order valence-corrected chi connectivity index (χ4v) is 5.80. The molecular weight excluding hydrogens is 520 g/mol. The van der Waals surface area contributed by atoms with Crippen molar-refractivity contribution < 1.29 is 18.8 Å². The first kappa shape index (κ1) is 27.2. The zero-order chi connectivity index (χ0) is 27.7. The standard InChI is InChI=1S/C28H35ClN6O4/c1-17-24(23-18(2)33-39-19(23)3)31-25(21-13-20(7-8-22(21)29)38-12-6-10-30-4)32-26(17)35-15-28(16-35)9-11-34(14-28)27(36)37-5/h7-8,13,30H,6,9-12,14-16H2,1-5H3. The van der Waals surface area contributed by atoms with Crippen LogP contribution >= 0.6 is 11.6 Å². The van der Waals surface area contributed by atoms with Crippen LogP contribution in [0.15, 0.2) is 22.7 Å². The number of amides is 1. The van der Waals surface area contributed by atoms with Crippen molar-refractivity contribution in [1.82, 2.24) is 25.3 Å². The van der Waals surface area contributed by atoms with Gasteiger partial charge in [-0.2, -0.15) is 0 Å². The number of halogens is 1. The van der Waals surface area contributed by atoms with Gasteiger partial charge < -0.3 is 29.1 Å². The smallest absolute Gasteiger partial charge is 0.409 e. The molecule has 11 heteroatoms. The van der Waals surface area contributed by atoms with Gasteiger partial charge in [0.2, 0.25) is 0 Å². The van der Waals surface area contributed by atoms with Crippen molar-refractivity contribution in [2.75, 3.05) is 58.4 Å². The molecule has 2 saturated heterocycles. The molecule has 0 saturated carbocycles. The Bertz CT molecular complexity index is 1350. The van der Waals surface area contributed by atoms with Gasteiger partial charge in [-0.3, -0.25) is 0 Å². The van der Waals surface area contributed by atoms with E-state index in [0.717, 1.165) is 60.8 Å². The molecule has 1 amide bonds. The average Bonchev–Trinajstić information content (AvgIpc) is 3.50. The van der Waals surface area contributed by atoms with Crippen molar-refractivity contribution in [3.63, 3.8) is 0 Å². The van der Waals surface area contributed by atoms with E-state index in [1.54, 1.807) is 4.90 Å². The van der Waals surface area contributed by atoms with Crippen LogP contribution in [0.1, 0.15) is 29.9 Å². The van der Waals surface area contributed by atoms with E-state index in [9.17, 15) is 4.79 Å². The van der Waals surface area contributed by atoms with E-state index < -0.39 is 0 Å². The number of methoxy groups -OCH3 is 1. The topological polar surface area (TPSA) is 106 Å². The maximum Gasteiger partial charge on any atom is 0.409 e. The van der Waals surface area contributed by atoms with Crippen LogP contribution in [0.2, 0.25) is 5.02 Å². The van der Waals surface area contributed by atoms with Gasteiger partial charge in [-0.05, 0) is 65.4 Å². The lowest BCUT2D eigenvalue weighted by atomic mass is 9.79. The van der Waals surface area contributed by atoms with Crippen LogP contribution in [0.5, 0.6) is 5.75 Å². The third-order valence-corrected chi connectivity index (χ3v) is 7.96. The van der Waals surface area contributed by atoms with Crippen molar-refractivity contribution in [1.29, 1.82) is 0 Å². The van der Waals surface area contributed by atoms with Crippen molar-refractivity contribution in [2.24, 2.45) is 5.41 Å². The number of rotatable bonds is 8. The summed E-state index contributed by atoms with van der Waals surface area (Å²) in [6.07, 6.45) is 1.56. The molecule has 10 nitrogen and oxygen atoms in total. The molecule has 1 spiro atoms. The summed E-state index contributed by atoms with van der Waals surface area (Å²) >= 11 is 6.69. The van der Waals surface area contributed by atoms with E-state index in [4.69, 9.17) is 35.6 Å². The summed E-state index contributed by atoms with van der Waals surface area (Å²) < 4.78 is 16.4. The molecule has 39 heavy (non-hydrogen) atoms. The monoisotopic (exact) mass is 554 g/mol. The molecule has 3 aromatic rings.